The number of carboxylic acid groups (broad SMARTS) is 1. The molecule has 1 rings (SSSR count). The van der Waals surface area contributed by atoms with E-state index in [0.717, 1.165) is 11.3 Å². The van der Waals surface area contributed by atoms with Crippen LogP contribution in [0.5, 0.6) is 0 Å². The largest absolute Gasteiger partial charge is 0.481 e. The maximum atomic E-state index is 12.0. The van der Waals surface area contributed by atoms with Crippen molar-refractivity contribution in [2.75, 3.05) is 5.73 Å². The van der Waals surface area contributed by atoms with E-state index < -0.39 is 11.5 Å². The average Bonchev–Trinajstić information content (AvgIpc) is 2.54. The second kappa shape index (κ2) is 5.34. The highest BCUT2D eigenvalue weighted by molar-refractivity contribution is 7.17. The predicted octanol–water partition coefficient (Wildman–Crippen LogP) is 1.41. The fourth-order valence-corrected chi connectivity index (χ4v) is 2.20. The zero-order valence-electron chi connectivity index (χ0n) is 10.6. The molecule has 1 aromatic rings. The smallest absolute Gasteiger partial charge is 0.303 e. The van der Waals surface area contributed by atoms with Crippen LogP contribution < -0.4 is 11.1 Å². The van der Waals surface area contributed by atoms with Gasteiger partial charge in [-0.3, -0.25) is 9.59 Å². The molecule has 1 heterocycles. The van der Waals surface area contributed by atoms with Gasteiger partial charge in [-0.15, -0.1) is 0 Å². The van der Waals surface area contributed by atoms with E-state index in [1.54, 1.807) is 20.8 Å². The minimum absolute atomic E-state index is 0.0110. The molecule has 0 aromatic carbocycles. The van der Waals surface area contributed by atoms with Gasteiger partial charge in [-0.1, -0.05) is 11.3 Å². The predicted molar refractivity (Wildman–Crippen MR) is 69.7 cm³/mol. The Labute approximate surface area is 109 Å². The number of carboxylic acids is 1. The number of hydrogen-bond acceptors (Lipinski definition) is 5. The molecule has 0 aliphatic carbocycles. The van der Waals surface area contributed by atoms with Crippen LogP contribution in [0.3, 0.4) is 0 Å². The molecular formula is C11H17N3O3S. The Morgan fingerprint density at radius 2 is 2.11 bits per heavy atom. The van der Waals surface area contributed by atoms with Gasteiger partial charge in [-0.25, -0.2) is 4.98 Å². The van der Waals surface area contributed by atoms with Crippen molar-refractivity contribution in [2.24, 2.45) is 0 Å². The van der Waals surface area contributed by atoms with Gasteiger partial charge < -0.3 is 16.2 Å². The summed E-state index contributed by atoms with van der Waals surface area (Å²) in [6.45, 7) is 5.28. The molecule has 0 unspecified atom stereocenters. The molecule has 1 amide bonds. The molecule has 18 heavy (non-hydrogen) atoms. The number of nitrogens with two attached hydrogens (primary N) is 1. The van der Waals surface area contributed by atoms with E-state index in [2.05, 4.69) is 10.3 Å². The minimum atomic E-state index is -0.879. The fraction of sp³-hybridized carbons (Fsp3) is 0.545. The second-order valence-electron chi connectivity index (χ2n) is 4.70. The molecular weight excluding hydrogens is 254 g/mol. The van der Waals surface area contributed by atoms with Crippen LogP contribution in [0.1, 0.15) is 42.1 Å². The zero-order chi connectivity index (χ0) is 13.9. The number of aromatic nitrogens is 1. The molecule has 1 aromatic heterocycles. The minimum Gasteiger partial charge on any atom is -0.481 e. The number of aryl methyl sites for hydroxylation is 1. The monoisotopic (exact) mass is 271 g/mol. The van der Waals surface area contributed by atoms with Crippen molar-refractivity contribution in [3.05, 3.63) is 10.6 Å². The van der Waals surface area contributed by atoms with Gasteiger partial charge in [0, 0.05) is 12.0 Å². The first-order valence-electron chi connectivity index (χ1n) is 5.48. The van der Waals surface area contributed by atoms with Crippen molar-refractivity contribution in [2.45, 2.75) is 39.2 Å². The highest BCUT2D eigenvalue weighted by Gasteiger charge is 2.24. The lowest BCUT2D eigenvalue weighted by Crippen LogP contribution is -2.43. The first kappa shape index (κ1) is 14.4. The van der Waals surface area contributed by atoms with Gasteiger partial charge in [0.1, 0.15) is 4.88 Å². The Bertz CT molecular complexity index is 468. The van der Waals surface area contributed by atoms with Crippen molar-refractivity contribution in [1.82, 2.24) is 10.3 Å². The molecule has 0 fully saturated rings. The maximum Gasteiger partial charge on any atom is 0.303 e. The summed E-state index contributed by atoms with van der Waals surface area (Å²) in [5.74, 6) is -1.15. The first-order chi connectivity index (χ1) is 8.21. The number of amides is 1. The zero-order valence-corrected chi connectivity index (χ0v) is 11.4. The van der Waals surface area contributed by atoms with E-state index in [-0.39, 0.29) is 12.3 Å². The Morgan fingerprint density at radius 3 is 2.56 bits per heavy atom. The van der Waals surface area contributed by atoms with Gasteiger partial charge in [0.2, 0.25) is 0 Å². The molecule has 4 N–H and O–H groups in total. The number of nitrogen functional groups attached to an aromatic ring is 1. The third kappa shape index (κ3) is 3.99. The van der Waals surface area contributed by atoms with E-state index in [9.17, 15) is 9.59 Å². The van der Waals surface area contributed by atoms with E-state index >= 15 is 0 Å². The standard InChI is InChI=1S/C11H17N3O3S/c1-6-8(18-10(12)13-6)9(17)14-11(2,3)5-4-7(15)16/h4-5H2,1-3H3,(H2,12,13)(H,14,17)(H,15,16). The topological polar surface area (TPSA) is 105 Å². The second-order valence-corrected chi connectivity index (χ2v) is 5.73. The van der Waals surface area contributed by atoms with Gasteiger partial charge in [0.05, 0.1) is 5.69 Å². The highest BCUT2D eigenvalue weighted by atomic mass is 32.1. The number of thiazole rings is 1. The fourth-order valence-electron chi connectivity index (χ4n) is 1.47. The lowest BCUT2D eigenvalue weighted by Gasteiger charge is -2.25. The van der Waals surface area contributed by atoms with E-state index in [0.29, 0.717) is 22.1 Å². The number of hydrogen-bond donors (Lipinski definition) is 3. The van der Waals surface area contributed by atoms with Gasteiger partial charge >= 0.3 is 5.97 Å². The SMILES string of the molecule is Cc1nc(N)sc1C(=O)NC(C)(C)CCC(=O)O. The number of aliphatic carboxylic acids is 1. The van der Waals surface area contributed by atoms with E-state index in [4.69, 9.17) is 10.8 Å². The molecule has 0 atom stereocenters. The highest BCUT2D eigenvalue weighted by Crippen LogP contribution is 2.21. The third-order valence-corrected chi connectivity index (χ3v) is 3.42. The molecule has 0 spiro atoms. The lowest BCUT2D eigenvalue weighted by molar-refractivity contribution is -0.137. The lowest BCUT2D eigenvalue weighted by atomic mass is 9.98. The molecule has 0 radical (unpaired) electrons. The molecule has 0 aliphatic rings. The first-order valence-corrected chi connectivity index (χ1v) is 6.30. The van der Waals surface area contributed by atoms with Crippen LogP contribution >= 0.6 is 11.3 Å². The normalized spacial score (nSPS) is 11.3. The molecule has 0 saturated carbocycles. The Morgan fingerprint density at radius 1 is 1.50 bits per heavy atom. The van der Waals surface area contributed by atoms with E-state index in [1.165, 1.54) is 0 Å². The van der Waals surface area contributed by atoms with Gasteiger partial charge in [-0.2, -0.15) is 0 Å². The van der Waals surface area contributed by atoms with Gasteiger partial charge in [0.15, 0.2) is 5.13 Å². The molecule has 0 aliphatic heterocycles. The van der Waals surface area contributed by atoms with Crippen LogP contribution in [0.25, 0.3) is 0 Å². The van der Waals surface area contributed by atoms with Crippen molar-refractivity contribution < 1.29 is 14.7 Å². The number of nitrogens with zero attached hydrogens (tertiary/aromatic N) is 1. The Balaban J connectivity index is 2.69. The van der Waals surface area contributed by atoms with Crippen LogP contribution in [-0.4, -0.2) is 27.5 Å². The number of nitrogens with one attached hydrogen (secondary N) is 1. The quantitative estimate of drug-likeness (QED) is 0.750. The van der Waals surface area contributed by atoms with Gasteiger partial charge in [-0.05, 0) is 27.2 Å². The van der Waals surface area contributed by atoms with Crippen LogP contribution in [0.15, 0.2) is 0 Å². The molecule has 6 nitrogen and oxygen atoms in total. The maximum absolute atomic E-state index is 12.0. The number of carbonyl (C=O) groups excluding carboxylic acids is 1. The summed E-state index contributed by atoms with van der Waals surface area (Å²) >= 11 is 1.13. The van der Waals surface area contributed by atoms with Crippen LogP contribution in [-0.2, 0) is 4.79 Å². The number of carbonyl (C=O) groups is 2. The van der Waals surface area contributed by atoms with Crippen LogP contribution in [0.4, 0.5) is 5.13 Å². The average molecular weight is 271 g/mol. The molecule has 100 valence electrons. The summed E-state index contributed by atoms with van der Waals surface area (Å²) in [5, 5.41) is 11.8. The van der Waals surface area contributed by atoms with Crippen LogP contribution in [0.2, 0.25) is 0 Å². The van der Waals surface area contributed by atoms with E-state index in [1.807, 2.05) is 0 Å². The summed E-state index contributed by atoms with van der Waals surface area (Å²) < 4.78 is 0. The summed E-state index contributed by atoms with van der Waals surface area (Å²) in [6, 6.07) is 0. The summed E-state index contributed by atoms with van der Waals surface area (Å²) in [4.78, 5) is 27.0. The van der Waals surface area contributed by atoms with Crippen molar-refractivity contribution in [3.63, 3.8) is 0 Å². The molecule has 0 saturated heterocycles. The van der Waals surface area contributed by atoms with Crippen molar-refractivity contribution in [1.29, 1.82) is 0 Å². The number of rotatable bonds is 5. The summed E-state index contributed by atoms with van der Waals surface area (Å²) in [6.07, 6.45) is 0.374. The summed E-state index contributed by atoms with van der Waals surface area (Å²) in [5.41, 5.74) is 5.53. The van der Waals surface area contributed by atoms with Crippen molar-refractivity contribution in [3.8, 4) is 0 Å². The summed E-state index contributed by atoms with van der Waals surface area (Å²) in [7, 11) is 0. The van der Waals surface area contributed by atoms with Gasteiger partial charge in [0.25, 0.3) is 5.91 Å². The molecule has 0 bridgehead atoms. The number of anilines is 1. The Hall–Kier alpha value is -1.63. The Kier molecular flexibility index (Phi) is 4.28. The van der Waals surface area contributed by atoms with Crippen molar-refractivity contribution >= 4 is 28.3 Å². The van der Waals surface area contributed by atoms with Crippen LogP contribution in [0, 0.1) is 6.92 Å². The third-order valence-electron chi connectivity index (χ3n) is 2.44. The molecule has 7 heteroatoms.